The Bertz CT molecular complexity index is 1310. The third kappa shape index (κ3) is 5.61. The third-order valence-corrected chi connectivity index (χ3v) is 7.48. The molecule has 0 unspecified atom stereocenters. The van der Waals surface area contributed by atoms with E-state index >= 15 is 0 Å². The number of furan rings is 1. The summed E-state index contributed by atoms with van der Waals surface area (Å²) in [5.41, 5.74) is 1.60. The number of rotatable bonds is 7. The molecule has 7 nitrogen and oxygen atoms in total. The number of alkyl halides is 3. The molecule has 5 rings (SSSR count). The molecule has 2 atom stereocenters. The smallest absolute Gasteiger partial charge is 0.416 e. The number of pyridine rings is 1. The van der Waals surface area contributed by atoms with Crippen LogP contribution in [0.15, 0.2) is 53.3 Å². The number of aryl methyl sites for hydroxylation is 1. The van der Waals surface area contributed by atoms with Crippen LogP contribution in [-0.4, -0.2) is 47.8 Å². The van der Waals surface area contributed by atoms with Gasteiger partial charge in [-0.1, -0.05) is 11.6 Å². The molecule has 2 aromatic heterocycles. The van der Waals surface area contributed by atoms with Crippen LogP contribution in [0.3, 0.4) is 0 Å². The molecule has 1 aromatic carbocycles. The van der Waals surface area contributed by atoms with E-state index in [1.54, 1.807) is 43.3 Å². The monoisotopic (exact) mass is 543 g/mol. The quantitative estimate of drug-likeness (QED) is 0.328. The Balaban J connectivity index is 1.48. The minimum Gasteiger partial charge on any atom is -0.464 e. The van der Waals surface area contributed by atoms with Crippen LogP contribution in [0.4, 0.5) is 23.8 Å². The first-order valence-electron chi connectivity index (χ1n) is 13.2. The number of nitrogens with zero attached hydrogens (tertiary/aromatic N) is 3. The molecule has 39 heavy (non-hydrogen) atoms. The van der Waals surface area contributed by atoms with Gasteiger partial charge in [-0.3, -0.25) is 4.90 Å². The van der Waals surface area contributed by atoms with E-state index < -0.39 is 30.0 Å². The maximum Gasteiger partial charge on any atom is 0.416 e. The molecular weight excluding hydrogens is 511 g/mol. The number of carbonyl (C=O) groups excluding carboxylic acids is 1. The van der Waals surface area contributed by atoms with Crippen molar-refractivity contribution in [1.29, 1.82) is 0 Å². The molecule has 0 spiro atoms. The number of cyclic esters (lactones) is 1. The van der Waals surface area contributed by atoms with Crippen LogP contribution in [0.2, 0.25) is 0 Å². The molecule has 0 N–H and O–H groups in total. The summed E-state index contributed by atoms with van der Waals surface area (Å²) < 4.78 is 57.3. The average molecular weight is 544 g/mol. The molecule has 2 aliphatic rings. The SMILES string of the molecule is CCN(c1ncc(-c2ccco2)cc1CN1C(=O)O[C@H](c2cc(C)cc(C(F)(F)F)c2)[C@@H]1C)C1CCOCC1. The molecule has 0 aliphatic carbocycles. The Labute approximate surface area is 225 Å². The first-order valence-corrected chi connectivity index (χ1v) is 13.2. The van der Waals surface area contributed by atoms with Crippen LogP contribution in [-0.2, 0) is 22.2 Å². The van der Waals surface area contributed by atoms with Crippen LogP contribution in [0, 0.1) is 6.92 Å². The normalized spacial score (nSPS) is 20.4. The molecule has 0 saturated carbocycles. The minimum atomic E-state index is -4.49. The van der Waals surface area contributed by atoms with Crippen molar-refractivity contribution >= 4 is 11.9 Å². The molecule has 0 bridgehead atoms. The fourth-order valence-corrected chi connectivity index (χ4v) is 5.52. The zero-order chi connectivity index (χ0) is 27.7. The summed E-state index contributed by atoms with van der Waals surface area (Å²) in [6, 6.07) is 9.15. The highest BCUT2D eigenvalue weighted by atomic mass is 19.4. The average Bonchev–Trinajstić information content (AvgIpc) is 3.54. The number of halogens is 3. The second-order valence-corrected chi connectivity index (χ2v) is 10.1. The Morgan fingerprint density at radius 2 is 1.92 bits per heavy atom. The summed E-state index contributed by atoms with van der Waals surface area (Å²) in [7, 11) is 0. The first-order chi connectivity index (χ1) is 18.7. The highest BCUT2D eigenvalue weighted by molar-refractivity contribution is 5.72. The lowest BCUT2D eigenvalue weighted by molar-refractivity contribution is -0.137. The lowest BCUT2D eigenvalue weighted by atomic mass is 9.98. The number of amides is 1. The van der Waals surface area contributed by atoms with Crippen LogP contribution < -0.4 is 4.90 Å². The predicted octanol–water partition coefficient (Wildman–Crippen LogP) is 6.76. The zero-order valence-corrected chi connectivity index (χ0v) is 22.2. The molecule has 2 saturated heterocycles. The molecule has 1 amide bonds. The van der Waals surface area contributed by atoms with Gasteiger partial charge in [0.1, 0.15) is 17.7 Å². The Morgan fingerprint density at radius 3 is 2.59 bits per heavy atom. The van der Waals surface area contributed by atoms with E-state index in [4.69, 9.17) is 18.9 Å². The molecule has 0 radical (unpaired) electrons. The van der Waals surface area contributed by atoms with Gasteiger partial charge < -0.3 is 18.8 Å². The van der Waals surface area contributed by atoms with Crippen LogP contribution >= 0.6 is 0 Å². The Hall–Kier alpha value is -3.53. The molecule has 2 fully saturated rings. The van der Waals surface area contributed by atoms with Crippen molar-refractivity contribution < 1.29 is 31.9 Å². The standard InChI is InChI=1S/C29H32F3N3O4/c1-4-34(24-7-10-37-11-8-24)27-22(14-21(16-33-27)25-6-5-9-38-25)17-35-19(3)26(39-28(35)36)20-12-18(2)13-23(15-20)29(30,31)32/h5-6,9,12-16,19,24,26H,4,7-8,10-11,17H2,1-3H3/t19-,26-/m0/s1. The zero-order valence-electron chi connectivity index (χ0n) is 22.2. The van der Waals surface area contributed by atoms with Gasteiger partial charge in [-0.15, -0.1) is 0 Å². The van der Waals surface area contributed by atoms with Gasteiger partial charge in [-0.2, -0.15) is 13.2 Å². The van der Waals surface area contributed by atoms with Crippen LogP contribution in [0.25, 0.3) is 11.3 Å². The first kappa shape index (κ1) is 27.1. The summed E-state index contributed by atoms with van der Waals surface area (Å²) in [6.45, 7) is 7.72. The van der Waals surface area contributed by atoms with E-state index in [-0.39, 0.29) is 12.6 Å². The van der Waals surface area contributed by atoms with E-state index in [0.717, 1.165) is 48.5 Å². The highest BCUT2D eigenvalue weighted by Crippen LogP contribution is 2.39. The maximum absolute atomic E-state index is 13.5. The third-order valence-electron chi connectivity index (χ3n) is 7.48. The lowest BCUT2D eigenvalue weighted by Crippen LogP contribution is -2.41. The van der Waals surface area contributed by atoms with Crippen LogP contribution in [0.5, 0.6) is 0 Å². The molecular formula is C29H32F3N3O4. The van der Waals surface area contributed by atoms with Gasteiger partial charge >= 0.3 is 12.3 Å². The maximum atomic E-state index is 13.5. The largest absolute Gasteiger partial charge is 0.464 e. The fraction of sp³-hybridized carbons (Fsp3) is 0.448. The number of hydrogen-bond donors (Lipinski definition) is 0. The van der Waals surface area contributed by atoms with Crippen molar-refractivity contribution in [1.82, 2.24) is 9.88 Å². The lowest BCUT2D eigenvalue weighted by Gasteiger charge is -2.36. The molecule has 2 aliphatic heterocycles. The summed E-state index contributed by atoms with van der Waals surface area (Å²) in [4.78, 5) is 21.7. The van der Waals surface area contributed by atoms with E-state index in [1.165, 1.54) is 0 Å². The van der Waals surface area contributed by atoms with Gasteiger partial charge in [0.15, 0.2) is 0 Å². The van der Waals surface area contributed by atoms with E-state index in [1.807, 2.05) is 12.1 Å². The highest BCUT2D eigenvalue weighted by Gasteiger charge is 2.41. The van der Waals surface area contributed by atoms with Crippen LogP contribution in [0.1, 0.15) is 55.0 Å². The second kappa shape index (κ2) is 10.9. The fourth-order valence-electron chi connectivity index (χ4n) is 5.52. The molecule has 3 aromatic rings. The molecule has 208 valence electrons. The number of aromatic nitrogens is 1. The predicted molar refractivity (Wildman–Crippen MR) is 139 cm³/mol. The number of hydrogen-bond acceptors (Lipinski definition) is 6. The number of anilines is 1. The second-order valence-electron chi connectivity index (χ2n) is 10.1. The van der Waals surface area contributed by atoms with E-state index in [2.05, 4.69) is 11.8 Å². The number of carbonyl (C=O) groups is 1. The summed E-state index contributed by atoms with van der Waals surface area (Å²) in [5.74, 6) is 1.41. The Kier molecular flexibility index (Phi) is 7.57. The summed E-state index contributed by atoms with van der Waals surface area (Å²) in [5, 5.41) is 0. The van der Waals surface area contributed by atoms with Gasteiger partial charge in [-0.05, 0) is 69.5 Å². The van der Waals surface area contributed by atoms with Crippen molar-refractivity contribution in [3.63, 3.8) is 0 Å². The molecule has 10 heteroatoms. The van der Waals surface area contributed by atoms with Crippen molar-refractivity contribution in [3.05, 3.63) is 71.1 Å². The topological polar surface area (TPSA) is 68.0 Å². The van der Waals surface area contributed by atoms with Gasteiger partial charge in [0.25, 0.3) is 0 Å². The van der Waals surface area contributed by atoms with E-state index in [9.17, 15) is 18.0 Å². The van der Waals surface area contributed by atoms with Gasteiger partial charge in [0.2, 0.25) is 0 Å². The molecule has 4 heterocycles. The number of ether oxygens (including phenoxy) is 2. The Morgan fingerprint density at radius 1 is 1.15 bits per heavy atom. The van der Waals surface area contributed by atoms with Crippen molar-refractivity contribution in [2.75, 3.05) is 24.7 Å². The van der Waals surface area contributed by atoms with Crippen molar-refractivity contribution in [2.45, 2.75) is 64.5 Å². The summed E-state index contributed by atoms with van der Waals surface area (Å²) in [6.07, 6.45) is -0.814. The van der Waals surface area contributed by atoms with Crippen molar-refractivity contribution in [3.8, 4) is 11.3 Å². The summed E-state index contributed by atoms with van der Waals surface area (Å²) >= 11 is 0. The van der Waals surface area contributed by atoms with Gasteiger partial charge in [0, 0.05) is 43.1 Å². The minimum absolute atomic E-state index is 0.186. The number of benzene rings is 1. The van der Waals surface area contributed by atoms with Gasteiger partial charge in [-0.25, -0.2) is 9.78 Å². The van der Waals surface area contributed by atoms with E-state index in [0.29, 0.717) is 30.1 Å². The van der Waals surface area contributed by atoms with Crippen molar-refractivity contribution in [2.24, 2.45) is 0 Å². The van der Waals surface area contributed by atoms with Gasteiger partial charge in [0.05, 0.1) is 24.4 Å².